The maximum atomic E-state index is 6.05. The summed E-state index contributed by atoms with van der Waals surface area (Å²) < 4.78 is 6.05. The molecule has 4 rings (SSSR count). The largest absolute Gasteiger partial charge is 0.378 e. The van der Waals surface area contributed by atoms with E-state index < -0.39 is 0 Å². The molecular weight excluding hydrogens is 246 g/mol. The minimum atomic E-state index is 0.247. The van der Waals surface area contributed by atoms with Gasteiger partial charge in [-0.1, -0.05) is 48.0 Å². The fourth-order valence-corrected chi connectivity index (χ4v) is 3.58. The summed E-state index contributed by atoms with van der Waals surface area (Å²) in [6.45, 7) is 3.02. The topological polar surface area (TPSA) is 21.3 Å². The van der Waals surface area contributed by atoms with Gasteiger partial charge in [0.15, 0.2) is 0 Å². The van der Waals surface area contributed by atoms with E-state index in [0.717, 1.165) is 13.0 Å². The van der Waals surface area contributed by atoms with E-state index >= 15 is 0 Å². The average molecular weight is 265 g/mol. The molecule has 1 N–H and O–H groups in total. The zero-order valence-corrected chi connectivity index (χ0v) is 11.7. The summed E-state index contributed by atoms with van der Waals surface area (Å²) in [4.78, 5) is 0. The maximum absolute atomic E-state index is 6.05. The summed E-state index contributed by atoms with van der Waals surface area (Å²) in [5, 5.41) is 3.73. The fourth-order valence-electron chi connectivity index (χ4n) is 3.58. The van der Waals surface area contributed by atoms with Crippen molar-refractivity contribution in [1.29, 1.82) is 0 Å². The van der Waals surface area contributed by atoms with Crippen LogP contribution in [0.25, 0.3) is 0 Å². The number of anilines is 1. The second-order valence-electron chi connectivity index (χ2n) is 5.87. The zero-order chi connectivity index (χ0) is 13.5. The van der Waals surface area contributed by atoms with Crippen molar-refractivity contribution in [2.75, 3.05) is 11.9 Å². The second-order valence-corrected chi connectivity index (χ2v) is 5.87. The van der Waals surface area contributed by atoms with Gasteiger partial charge in [0.05, 0.1) is 12.1 Å². The van der Waals surface area contributed by atoms with Crippen molar-refractivity contribution in [2.24, 2.45) is 5.92 Å². The van der Waals surface area contributed by atoms with Crippen LogP contribution in [-0.4, -0.2) is 6.61 Å². The number of rotatable bonds is 1. The quantitative estimate of drug-likeness (QED) is 0.832. The Morgan fingerprint density at radius 2 is 1.95 bits per heavy atom. The molecule has 0 unspecified atom stereocenters. The third-order valence-electron chi connectivity index (χ3n) is 4.55. The smallest absolute Gasteiger partial charge is 0.0896 e. The van der Waals surface area contributed by atoms with Crippen LogP contribution in [0.2, 0.25) is 0 Å². The normalized spacial score (nSPS) is 27.6. The first-order valence-corrected chi connectivity index (χ1v) is 7.36. The van der Waals surface area contributed by atoms with E-state index in [1.165, 1.54) is 22.4 Å². The summed E-state index contributed by atoms with van der Waals surface area (Å²) in [6, 6.07) is 17.7. The Bertz CT molecular complexity index is 623. The first kappa shape index (κ1) is 12.0. The van der Waals surface area contributed by atoms with E-state index in [1.807, 2.05) is 0 Å². The third-order valence-corrected chi connectivity index (χ3v) is 4.55. The van der Waals surface area contributed by atoms with Crippen molar-refractivity contribution in [3.05, 3.63) is 65.2 Å². The molecule has 1 saturated heterocycles. The molecular formula is C18H19NO. The lowest BCUT2D eigenvalue weighted by Gasteiger charge is -2.36. The molecule has 2 nitrogen and oxygen atoms in total. The van der Waals surface area contributed by atoms with Gasteiger partial charge in [-0.05, 0) is 25.0 Å². The molecule has 2 aromatic carbocycles. The highest BCUT2D eigenvalue weighted by molar-refractivity contribution is 5.58. The van der Waals surface area contributed by atoms with E-state index in [1.54, 1.807) is 0 Å². The standard InChI is InChI=1S/C18H19NO/c1-12-7-8-16-15(11-12)18-14(9-10-20-18)17(19-16)13-5-3-2-4-6-13/h2-8,11,14,17-19H,9-10H2,1H3/t14-,17+,18-/m0/s1. The predicted molar refractivity (Wildman–Crippen MR) is 80.8 cm³/mol. The maximum Gasteiger partial charge on any atom is 0.0896 e. The number of aryl methyl sites for hydroxylation is 1. The Morgan fingerprint density at radius 1 is 1.10 bits per heavy atom. The number of ether oxygens (including phenoxy) is 1. The van der Waals surface area contributed by atoms with E-state index in [-0.39, 0.29) is 6.10 Å². The molecule has 0 bridgehead atoms. The number of fused-ring (bicyclic) bond motifs is 3. The van der Waals surface area contributed by atoms with Crippen LogP contribution < -0.4 is 5.32 Å². The van der Waals surface area contributed by atoms with Gasteiger partial charge in [0, 0.05) is 23.8 Å². The molecule has 2 heterocycles. The molecule has 2 heteroatoms. The molecule has 0 radical (unpaired) electrons. The third kappa shape index (κ3) is 1.83. The summed E-state index contributed by atoms with van der Waals surface area (Å²) in [7, 11) is 0. The molecule has 20 heavy (non-hydrogen) atoms. The minimum absolute atomic E-state index is 0.247. The van der Waals surface area contributed by atoms with Crippen molar-refractivity contribution >= 4 is 5.69 Å². The van der Waals surface area contributed by atoms with E-state index in [2.05, 4.69) is 60.8 Å². The van der Waals surface area contributed by atoms with Crippen LogP contribution in [0.3, 0.4) is 0 Å². The predicted octanol–water partition coefficient (Wildman–Crippen LogP) is 4.24. The Morgan fingerprint density at radius 3 is 2.80 bits per heavy atom. The number of nitrogens with one attached hydrogen (secondary N) is 1. The van der Waals surface area contributed by atoms with Crippen LogP contribution >= 0.6 is 0 Å². The molecule has 1 fully saturated rings. The monoisotopic (exact) mass is 265 g/mol. The van der Waals surface area contributed by atoms with Crippen molar-refractivity contribution < 1.29 is 4.74 Å². The molecule has 2 aromatic rings. The molecule has 102 valence electrons. The number of hydrogen-bond donors (Lipinski definition) is 1. The van der Waals surface area contributed by atoms with Crippen LogP contribution in [0.15, 0.2) is 48.5 Å². The lowest BCUT2D eigenvalue weighted by Crippen LogP contribution is -2.29. The molecule has 0 aliphatic carbocycles. The van der Waals surface area contributed by atoms with Crippen molar-refractivity contribution in [1.82, 2.24) is 0 Å². The molecule has 0 spiro atoms. The fraction of sp³-hybridized carbons (Fsp3) is 0.333. The molecule has 2 aliphatic heterocycles. The van der Waals surface area contributed by atoms with Gasteiger partial charge < -0.3 is 10.1 Å². The first-order chi connectivity index (χ1) is 9.83. The second kappa shape index (κ2) is 4.64. The number of benzene rings is 2. The molecule has 2 aliphatic rings. The van der Waals surface area contributed by atoms with Gasteiger partial charge in [-0.2, -0.15) is 0 Å². The summed E-state index contributed by atoms with van der Waals surface area (Å²) in [5.41, 5.74) is 5.23. The summed E-state index contributed by atoms with van der Waals surface area (Å²) in [6.07, 6.45) is 1.38. The van der Waals surface area contributed by atoms with Crippen LogP contribution in [0.1, 0.15) is 35.3 Å². The van der Waals surface area contributed by atoms with Gasteiger partial charge >= 0.3 is 0 Å². The Hall–Kier alpha value is -1.80. The highest BCUT2D eigenvalue weighted by atomic mass is 16.5. The Kier molecular flexibility index (Phi) is 2.78. The highest BCUT2D eigenvalue weighted by Crippen LogP contribution is 2.49. The van der Waals surface area contributed by atoms with E-state index in [9.17, 15) is 0 Å². The molecule has 0 amide bonds. The summed E-state index contributed by atoms with van der Waals surface area (Å²) in [5.74, 6) is 0.534. The van der Waals surface area contributed by atoms with E-state index in [4.69, 9.17) is 4.74 Å². The van der Waals surface area contributed by atoms with Gasteiger partial charge in [0.25, 0.3) is 0 Å². The summed E-state index contributed by atoms with van der Waals surface area (Å²) >= 11 is 0. The first-order valence-electron chi connectivity index (χ1n) is 7.36. The van der Waals surface area contributed by atoms with Crippen LogP contribution in [0.4, 0.5) is 5.69 Å². The zero-order valence-electron chi connectivity index (χ0n) is 11.7. The van der Waals surface area contributed by atoms with Crippen molar-refractivity contribution in [3.63, 3.8) is 0 Å². The van der Waals surface area contributed by atoms with Gasteiger partial charge in [-0.25, -0.2) is 0 Å². The Labute approximate surface area is 119 Å². The van der Waals surface area contributed by atoms with Gasteiger partial charge in [-0.3, -0.25) is 0 Å². The van der Waals surface area contributed by atoms with Gasteiger partial charge in [0.1, 0.15) is 0 Å². The minimum Gasteiger partial charge on any atom is -0.378 e. The molecule has 0 saturated carbocycles. The SMILES string of the molecule is Cc1ccc2c(c1)[C@H]1OCC[C@H]1[C@@H](c1ccccc1)N2. The van der Waals surface area contributed by atoms with Crippen LogP contribution in [-0.2, 0) is 4.74 Å². The van der Waals surface area contributed by atoms with Crippen molar-refractivity contribution in [3.8, 4) is 0 Å². The van der Waals surface area contributed by atoms with Crippen LogP contribution in [0, 0.1) is 12.8 Å². The van der Waals surface area contributed by atoms with Crippen molar-refractivity contribution in [2.45, 2.75) is 25.5 Å². The number of hydrogen-bond acceptors (Lipinski definition) is 2. The Balaban J connectivity index is 1.79. The highest BCUT2D eigenvalue weighted by Gasteiger charge is 2.41. The van der Waals surface area contributed by atoms with E-state index in [0.29, 0.717) is 12.0 Å². The lowest BCUT2D eigenvalue weighted by molar-refractivity contribution is 0.0829. The lowest BCUT2D eigenvalue weighted by atomic mass is 9.81. The van der Waals surface area contributed by atoms with Gasteiger partial charge in [-0.15, -0.1) is 0 Å². The molecule has 3 atom stereocenters. The molecule has 0 aromatic heterocycles. The average Bonchev–Trinajstić information content (AvgIpc) is 2.97. The van der Waals surface area contributed by atoms with Crippen LogP contribution in [0.5, 0.6) is 0 Å². The van der Waals surface area contributed by atoms with Gasteiger partial charge in [0.2, 0.25) is 0 Å².